The largest absolute Gasteiger partial charge is 0.325 e. The zero-order chi connectivity index (χ0) is 11.5. The number of aromatic nitrogens is 2. The van der Waals surface area contributed by atoms with Crippen LogP contribution in [0.1, 0.15) is 5.69 Å². The maximum absolute atomic E-state index is 13.1. The minimum atomic E-state index is -0.339. The van der Waals surface area contributed by atoms with Gasteiger partial charge >= 0.3 is 0 Å². The fourth-order valence-electron chi connectivity index (χ4n) is 1.33. The summed E-state index contributed by atoms with van der Waals surface area (Å²) >= 11 is 5.90. The molecule has 0 amide bonds. The molecule has 0 fully saturated rings. The minimum absolute atomic E-state index is 0.239. The number of hydrogen-bond acceptors (Lipinski definition) is 3. The van der Waals surface area contributed by atoms with E-state index >= 15 is 0 Å². The standard InChI is InChI=1S/C11H9ClFN3/c12-11-10(16-9(5-14)6-15-11)7-2-1-3-8(13)4-7/h1-4,6H,5,14H2. The van der Waals surface area contributed by atoms with Crippen molar-refractivity contribution in [2.45, 2.75) is 6.54 Å². The van der Waals surface area contributed by atoms with E-state index in [4.69, 9.17) is 17.3 Å². The molecule has 3 nitrogen and oxygen atoms in total. The third kappa shape index (κ3) is 2.18. The Morgan fingerprint density at radius 3 is 2.88 bits per heavy atom. The molecule has 0 aliphatic heterocycles. The SMILES string of the molecule is NCc1cnc(Cl)c(-c2cccc(F)c2)n1. The third-order valence-corrected chi connectivity index (χ3v) is 2.36. The van der Waals surface area contributed by atoms with E-state index in [1.807, 2.05) is 0 Å². The smallest absolute Gasteiger partial charge is 0.155 e. The van der Waals surface area contributed by atoms with Crippen LogP contribution in [-0.2, 0) is 6.54 Å². The molecular formula is C11H9ClFN3. The Balaban J connectivity index is 2.54. The van der Waals surface area contributed by atoms with Gasteiger partial charge in [0.1, 0.15) is 11.5 Å². The molecule has 0 bridgehead atoms. The Morgan fingerprint density at radius 1 is 1.38 bits per heavy atom. The minimum Gasteiger partial charge on any atom is -0.325 e. The zero-order valence-corrected chi connectivity index (χ0v) is 9.08. The molecule has 5 heteroatoms. The molecule has 2 aromatic rings. The third-order valence-electron chi connectivity index (χ3n) is 2.08. The van der Waals surface area contributed by atoms with Crippen molar-refractivity contribution in [3.63, 3.8) is 0 Å². The normalized spacial score (nSPS) is 10.4. The molecule has 2 N–H and O–H groups in total. The van der Waals surface area contributed by atoms with E-state index < -0.39 is 0 Å². The second-order valence-corrected chi connectivity index (χ2v) is 3.57. The Kier molecular flexibility index (Phi) is 3.12. The average Bonchev–Trinajstić information content (AvgIpc) is 2.30. The van der Waals surface area contributed by atoms with Crippen LogP contribution in [0.3, 0.4) is 0 Å². The first kappa shape index (κ1) is 11.0. The Morgan fingerprint density at radius 2 is 2.19 bits per heavy atom. The number of hydrogen-bond donors (Lipinski definition) is 1. The van der Waals surface area contributed by atoms with Crippen LogP contribution < -0.4 is 5.73 Å². The summed E-state index contributed by atoms with van der Waals surface area (Å²) in [5, 5.41) is 0.239. The van der Waals surface area contributed by atoms with E-state index in [-0.39, 0.29) is 17.5 Å². The van der Waals surface area contributed by atoms with Crippen molar-refractivity contribution in [1.82, 2.24) is 9.97 Å². The van der Waals surface area contributed by atoms with Gasteiger partial charge in [-0.15, -0.1) is 0 Å². The molecule has 0 spiro atoms. The van der Waals surface area contributed by atoms with Crippen LogP contribution in [0, 0.1) is 5.82 Å². The lowest BCUT2D eigenvalue weighted by molar-refractivity contribution is 0.628. The summed E-state index contributed by atoms with van der Waals surface area (Å²) in [5.41, 5.74) is 7.11. The summed E-state index contributed by atoms with van der Waals surface area (Å²) in [6.07, 6.45) is 1.51. The van der Waals surface area contributed by atoms with Crippen molar-refractivity contribution in [3.8, 4) is 11.3 Å². The van der Waals surface area contributed by atoms with Crippen LogP contribution in [0.4, 0.5) is 4.39 Å². The number of nitrogens with zero attached hydrogens (tertiary/aromatic N) is 2. The first-order valence-corrected chi connectivity index (χ1v) is 5.06. The van der Waals surface area contributed by atoms with Gasteiger partial charge in [-0.25, -0.2) is 14.4 Å². The Labute approximate surface area is 97.1 Å². The van der Waals surface area contributed by atoms with Crippen molar-refractivity contribution in [1.29, 1.82) is 0 Å². The predicted octanol–water partition coefficient (Wildman–Crippen LogP) is 2.39. The quantitative estimate of drug-likeness (QED) is 0.873. The van der Waals surface area contributed by atoms with Crippen LogP contribution in [0.2, 0.25) is 5.15 Å². The van der Waals surface area contributed by atoms with Crippen molar-refractivity contribution in [2.75, 3.05) is 0 Å². The predicted molar refractivity (Wildman–Crippen MR) is 60.3 cm³/mol. The molecule has 0 aliphatic rings. The van der Waals surface area contributed by atoms with E-state index in [1.54, 1.807) is 12.1 Å². The number of benzene rings is 1. The summed E-state index contributed by atoms with van der Waals surface area (Å²) in [6.45, 7) is 0.270. The maximum Gasteiger partial charge on any atom is 0.155 e. The molecule has 0 atom stereocenters. The number of halogens is 2. The lowest BCUT2D eigenvalue weighted by atomic mass is 10.1. The van der Waals surface area contributed by atoms with Crippen LogP contribution in [0.15, 0.2) is 30.5 Å². The van der Waals surface area contributed by atoms with E-state index in [2.05, 4.69) is 9.97 Å². The van der Waals surface area contributed by atoms with Crippen LogP contribution >= 0.6 is 11.6 Å². The average molecular weight is 238 g/mol. The van der Waals surface area contributed by atoms with E-state index in [9.17, 15) is 4.39 Å². The van der Waals surface area contributed by atoms with Crippen molar-refractivity contribution in [2.24, 2.45) is 5.73 Å². The van der Waals surface area contributed by atoms with Crippen molar-refractivity contribution in [3.05, 3.63) is 47.1 Å². The maximum atomic E-state index is 13.1. The molecular weight excluding hydrogens is 229 g/mol. The van der Waals surface area contributed by atoms with Gasteiger partial charge in [-0.1, -0.05) is 23.7 Å². The fraction of sp³-hybridized carbons (Fsp3) is 0.0909. The van der Waals surface area contributed by atoms with Crippen LogP contribution in [0.5, 0.6) is 0 Å². The van der Waals surface area contributed by atoms with Crippen molar-refractivity contribution < 1.29 is 4.39 Å². The highest BCUT2D eigenvalue weighted by molar-refractivity contribution is 6.31. The van der Waals surface area contributed by atoms with Crippen LogP contribution in [-0.4, -0.2) is 9.97 Å². The molecule has 0 saturated heterocycles. The lowest BCUT2D eigenvalue weighted by Crippen LogP contribution is -2.02. The summed E-state index contributed by atoms with van der Waals surface area (Å²) < 4.78 is 13.1. The molecule has 1 heterocycles. The molecule has 2 rings (SSSR count). The van der Waals surface area contributed by atoms with E-state index in [0.29, 0.717) is 17.0 Å². The van der Waals surface area contributed by atoms with Gasteiger partial charge in [-0.3, -0.25) is 0 Å². The monoisotopic (exact) mass is 237 g/mol. The molecule has 0 saturated carbocycles. The highest BCUT2D eigenvalue weighted by Crippen LogP contribution is 2.24. The van der Waals surface area contributed by atoms with Crippen molar-refractivity contribution >= 4 is 11.6 Å². The Hall–Kier alpha value is -1.52. The van der Waals surface area contributed by atoms with Gasteiger partial charge in [0, 0.05) is 12.1 Å². The topological polar surface area (TPSA) is 51.8 Å². The van der Waals surface area contributed by atoms with Gasteiger partial charge in [0.15, 0.2) is 5.15 Å². The molecule has 16 heavy (non-hydrogen) atoms. The van der Waals surface area contributed by atoms with E-state index in [1.165, 1.54) is 18.3 Å². The summed E-state index contributed by atoms with van der Waals surface area (Å²) in [6, 6.07) is 6.03. The first-order valence-electron chi connectivity index (χ1n) is 4.68. The molecule has 0 aliphatic carbocycles. The number of rotatable bonds is 2. The fourth-order valence-corrected chi connectivity index (χ4v) is 1.53. The van der Waals surface area contributed by atoms with Gasteiger partial charge in [-0.2, -0.15) is 0 Å². The summed E-state index contributed by atoms with van der Waals surface area (Å²) in [4.78, 5) is 8.17. The molecule has 0 radical (unpaired) electrons. The Bertz CT molecular complexity index is 516. The van der Waals surface area contributed by atoms with Gasteiger partial charge in [0.25, 0.3) is 0 Å². The second kappa shape index (κ2) is 4.55. The molecule has 82 valence electrons. The first-order chi connectivity index (χ1) is 7.70. The second-order valence-electron chi connectivity index (χ2n) is 3.22. The molecule has 0 unspecified atom stereocenters. The summed E-state index contributed by atoms with van der Waals surface area (Å²) in [7, 11) is 0. The van der Waals surface area contributed by atoms with E-state index in [0.717, 1.165) is 0 Å². The van der Waals surface area contributed by atoms with Gasteiger partial charge < -0.3 is 5.73 Å². The zero-order valence-electron chi connectivity index (χ0n) is 8.32. The van der Waals surface area contributed by atoms with Gasteiger partial charge in [0.05, 0.1) is 11.9 Å². The molecule has 1 aromatic carbocycles. The highest BCUT2D eigenvalue weighted by Gasteiger charge is 2.08. The van der Waals surface area contributed by atoms with Crippen LogP contribution in [0.25, 0.3) is 11.3 Å². The number of nitrogens with two attached hydrogens (primary N) is 1. The molecule has 1 aromatic heterocycles. The lowest BCUT2D eigenvalue weighted by Gasteiger charge is -2.04. The van der Waals surface area contributed by atoms with Gasteiger partial charge in [-0.05, 0) is 12.1 Å². The van der Waals surface area contributed by atoms with Gasteiger partial charge in [0.2, 0.25) is 0 Å². The highest BCUT2D eigenvalue weighted by atomic mass is 35.5. The summed E-state index contributed by atoms with van der Waals surface area (Å²) in [5.74, 6) is -0.339.